The zero-order valence-electron chi connectivity index (χ0n) is 17.5. The van der Waals surface area contributed by atoms with Gasteiger partial charge >= 0.3 is 11.8 Å². The fourth-order valence-corrected chi connectivity index (χ4v) is 4.17. The molecule has 2 heterocycles. The molecule has 0 spiro atoms. The molecule has 1 fully saturated rings. The van der Waals surface area contributed by atoms with Gasteiger partial charge in [-0.3, -0.25) is 14.5 Å². The third-order valence-corrected chi connectivity index (χ3v) is 5.75. The maximum absolute atomic E-state index is 12.2. The van der Waals surface area contributed by atoms with Gasteiger partial charge in [0.25, 0.3) is 0 Å². The lowest BCUT2D eigenvalue weighted by molar-refractivity contribution is -0.139. The number of rotatable bonds is 6. The number of likely N-dealkylation sites (tertiary alicyclic amines) is 1. The van der Waals surface area contributed by atoms with Crippen molar-refractivity contribution in [2.75, 3.05) is 44.7 Å². The third kappa shape index (κ3) is 5.04. The van der Waals surface area contributed by atoms with E-state index in [2.05, 4.69) is 45.7 Å². The standard InChI is InChI=1S/C22H34N4O2/c1-16(2)14-23-21(27)22(28)24-15-20(26-11-4-5-12-26)18-8-9-19-17(13-18)7-6-10-25(19)3/h8-9,13,16,20H,4-7,10-12,14-15H2,1-3H3,(H,23,27)(H,24,28). The van der Waals surface area contributed by atoms with Crippen molar-refractivity contribution < 1.29 is 9.59 Å². The molecular weight excluding hydrogens is 352 g/mol. The molecule has 2 aliphatic heterocycles. The quantitative estimate of drug-likeness (QED) is 0.735. The first kappa shape index (κ1) is 20.6. The highest BCUT2D eigenvalue weighted by molar-refractivity contribution is 6.35. The maximum atomic E-state index is 12.2. The van der Waals surface area contributed by atoms with E-state index in [1.54, 1.807) is 0 Å². The van der Waals surface area contributed by atoms with Crippen molar-refractivity contribution in [3.63, 3.8) is 0 Å². The fraction of sp³-hybridized carbons (Fsp3) is 0.636. The maximum Gasteiger partial charge on any atom is 0.309 e. The Bertz CT molecular complexity index is 698. The van der Waals surface area contributed by atoms with Crippen LogP contribution in [-0.2, 0) is 16.0 Å². The van der Waals surface area contributed by atoms with E-state index in [1.165, 1.54) is 36.1 Å². The molecule has 2 N–H and O–H groups in total. The summed E-state index contributed by atoms with van der Waals surface area (Å²) in [5, 5.41) is 5.56. The van der Waals surface area contributed by atoms with Crippen LogP contribution in [0.1, 0.15) is 50.3 Å². The monoisotopic (exact) mass is 386 g/mol. The van der Waals surface area contributed by atoms with Crippen LogP contribution in [0.15, 0.2) is 18.2 Å². The molecule has 1 aromatic carbocycles. The molecule has 28 heavy (non-hydrogen) atoms. The van der Waals surface area contributed by atoms with Crippen LogP contribution in [0.4, 0.5) is 5.69 Å². The van der Waals surface area contributed by atoms with Crippen molar-refractivity contribution in [1.29, 1.82) is 0 Å². The molecule has 3 rings (SSSR count). The van der Waals surface area contributed by atoms with Gasteiger partial charge in [0.15, 0.2) is 0 Å². The highest BCUT2D eigenvalue weighted by atomic mass is 16.2. The van der Waals surface area contributed by atoms with E-state index in [4.69, 9.17) is 0 Å². The van der Waals surface area contributed by atoms with Crippen LogP contribution >= 0.6 is 0 Å². The Balaban J connectivity index is 1.70. The summed E-state index contributed by atoms with van der Waals surface area (Å²) in [5.41, 5.74) is 3.93. The van der Waals surface area contributed by atoms with E-state index in [-0.39, 0.29) is 6.04 Å². The lowest BCUT2D eigenvalue weighted by Gasteiger charge is -2.31. The first-order valence-electron chi connectivity index (χ1n) is 10.6. The predicted molar refractivity (Wildman–Crippen MR) is 112 cm³/mol. The summed E-state index contributed by atoms with van der Waals surface area (Å²) in [6.45, 7) is 8.17. The Morgan fingerprint density at radius 2 is 1.68 bits per heavy atom. The second-order valence-electron chi connectivity index (χ2n) is 8.49. The molecule has 1 atom stereocenters. The van der Waals surface area contributed by atoms with E-state index in [0.29, 0.717) is 19.0 Å². The van der Waals surface area contributed by atoms with E-state index in [0.717, 1.165) is 26.1 Å². The van der Waals surface area contributed by atoms with E-state index >= 15 is 0 Å². The molecule has 154 valence electrons. The number of amides is 2. The normalized spacial score (nSPS) is 18.1. The number of aryl methyl sites for hydroxylation is 1. The molecular formula is C22H34N4O2. The van der Waals surface area contributed by atoms with Crippen LogP contribution in [0, 0.1) is 5.92 Å². The summed E-state index contributed by atoms with van der Waals surface area (Å²) in [4.78, 5) is 29.0. The molecule has 0 aromatic heterocycles. The van der Waals surface area contributed by atoms with E-state index in [1.807, 2.05) is 13.8 Å². The van der Waals surface area contributed by atoms with Crippen LogP contribution in [0.2, 0.25) is 0 Å². The first-order valence-corrected chi connectivity index (χ1v) is 10.6. The highest BCUT2D eigenvalue weighted by Gasteiger charge is 2.26. The number of carbonyl (C=O) groups excluding carboxylic acids is 2. The van der Waals surface area contributed by atoms with Crippen molar-refractivity contribution in [2.45, 2.75) is 45.6 Å². The van der Waals surface area contributed by atoms with Crippen molar-refractivity contribution >= 4 is 17.5 Å². The average molecular weight is 387 g/mol. The Hall–Kier alpha value is -2.08. The molecule has 2 aliphatic rings. The Morgan fingerprint density at radius 1 is 1.00 bits per heavy atom. The SMILES string of the molecule is CC(C)CNC(=O)C(=O)NCC(c1ccc2c(c1)CCCN2C)N1CCCC1. The molecule has 1 unspecified atom stereocenters. The van der Waals surface area contributed by atoms with Crippen LogP contribution in [0.5, 0.6) is 0 Å². The van der Waals surface area contributed by atoms with Crippen molar-refractivity contribution in [3.8, 4) is 0 Å². The summed E-state index contributed by atoms with van der Waals surface area (Å²) in [5.74, 6) is -0.758. The fourth-order valence-electron chi connectivity index (χ4n) is 4.17. The first-order chi connectivity index (χ1) is 13.5. The summed E-state index contributed by atoms with van der Waals surface area (Å²) in [6.07, 6.45) is 4.65. The van der Waals surface area contributed by atoms with Crippen molar-refractivity contribution in [3.05, 3.63) is 29.3 Å². The Morgan fingerprint density at radius 3 is 2.36 bits per heavy atom. The molecule has 0 bridgehead atoms. The van der Waals surface area contributed by atoms with Gasteiger partial charge < -0.3 is 15.5 Å². The number of carbonyl (C=O) groups is 2. The lowest BCUT2D eigenvalue weighted by Crippen LogP contribution is -2.44. The van der Waals surface area contributed by atoms with Gasteiger partial charge in [0.1, 0.15) is 0 Å². The van der Waals surface area contributed by atoms with Crippen LogP contribution in [0.25, 0.3) is 0 Å². The number of nitrogens with one attached hydrogen (secondary N) is 2. The molecule has 0 aliphatic carbocycles. The number of fused-ring (bicyclic) bond motifs is 1. The summed E-state index contributed by atoms with van der Waals surface area (Å²) < 4.78 is 0. The van der Waals surface area contributed by atoms with Gasteiger partial charge in [-0.2, -0.15) is 0 Å². The highest BCUT2D eigenvalue weighted by Crippen LogP contribution is 2.31. The van der Waals surface area contributed by atoms with Crippen LogP contribution < -0.4 is 15.5 Å². The van der Waals surface area contributed by atoms with Gasteiger partial charge in [0.2, 0.25) is 0 Å². The number of nitrogens with zero attached hydrogens (tertiary/aromatic N) is 2. The zero-order valence-corrected chi connectivity index (χ0v) is 17.5. The van der Waals surface area contributed by atoms with Gasteiger partial charge in [-0.15, -0.1) is 0 Å². The van der Waals surface area contributed by atoms with Crippen molar-refractivity contribution in [1.82, 2.24) is 15.5 Å². The molecule has 0 saturated carbocycles. The molecule has 2 amide bonds. The summed E-state index contributed by atoms with van der Waals surface area (Å²) in [6, 6.07) is 6.82. The minimum Gasteiger partial charge on any atom is -0.374 e. The third-order valence-electron chi connectivity index (χ3n) is 5.75. The molecule has 0 radical (unpaired) electrons. The zero-order chi connectivity index (χ0) is 20.1. The summed E-state index contributed by atoms with van der Waals surface area (Å²) >= 11 is 0. The topological polar surface area (TPSA) is 64.7 Å². The number of benzene rings is 1. The number of anilines is 1. The molecule has 6 nitrogen and oxygen atoms in total. The van der Waals surface area contributed by atoms with Gasteiger partial charge in [0.05, 0.1) is 6.04 Å². The minimum absolute atomic E-state index is 0.113. The minimum atomic E-state index is -0.541. The molecule has 1 saturated heterocycles. The van der Waals surface area contributed by atoms with Crippen molar-refractivity contribution in [2.24, 2.45) is 5.92 Å². The van der Waals surface area contributed by atoms with E-state index < -0.39 is 11.8 Å². The predicted octanol–water partition coefficient (Wildman–Crippen LogP) is 2.09. The van der Waals surface area contributed by atoms with Crippen LogP contribution in [0.3, 0.4) is 0 Å². The van der Waals surface area contributed by atoms with Gasteiger partial charge in [-0.25, -0.2) is 0 Å². The Labute approximate surface area is 168 Å². The number of hydrogen-bond donors (Lipinski definition) is 2. The second kappa shape index (κ2) is 9.41. The largest absolute Gasteiger partial charge is 0.374 e. The molecule has 6 heteroatoms. The van der Waals surface area contributed by atoms with Gasteiger partial charge in [-0.05, 0) is 61.9 Å². The van der Waals surface area contributed by atoms with Gasteiger partial charge in [-0.1, -0.05) is 26.0 Å². The smallest absolute Gasteiger partial charge is 0.309 e. The molecule has 1 aromatic rings. The second-order valence-corrected chi connectivity index (χ2v) is 8.49. The lowest BCUT2D eigenvalue weighted by atomic mass is 9.96. The Kier molecular flexibility index (Phi) is 6.94. The van der Waals surface area contributed by atoms with Gasteiger partial charge in [0, 0.05) is 32.4 Å². The van der Waals surface area contributed by atoms with E-state index in [9.17, 15) is 9.59 Å². The average Bonchev–Trinajstić information content (AvgIpc) is 3.20. The number of hydrogen-bond acceptors (Lipinski definition) is 4. The van der Waals surface area contributed by atoms with Crippen LogP contribution in [-0.4, -0.2) is 56.5 Å². The summed E-state index contributed by atoms with van der Waals surface area (Å²) in [7, 11) is 2.14.